The predicted molar refractivity (Wildman–Crippen MR) is 51.6 cm³/mol. The zero-order chi connectivity index (χ0) is 7.56. The molecule has 1 rings (SSSR count). The molecule has 0 aliphatic heterocycles. The third-order valence-corrected chi connectivity index (χ3v) is 2.49. The molecule has 0 aliphatic rings. The maximum absolute atomic E-state index is 4.20. The molecule has 0 N–H and O–H groups in total. The third-order valence-electron chi connectivity index (χ3n) is 1.37. The van der Waals surface area contributed by atoms with Crippen LogP contribution in [0.3, 0.4) is 0 Å². The van der Waals surface area contributed by atoms with E-state index in [1.807, 2.05) is 0 Å². The average Bonchev–Trinajstić information content (AvgIpc) is 1.94. The van der Waals surface area contributed by atoms with Crippen LogP contribution in [0.15, 0.2) is 22.7 Å². The fraction of sp³-hybridized carbons (Fsp3) is 0.250. The summed E-state index contributed by atoms with van der Waals surface area (Å²) in [4.78, 5) is 0. The minimum absolute atomic E-state index is 0.794. The Kier molecular flexibility index (Phi) is 2.81. The van der Waals surface area contributed by atoms with Crippen LogP contribution in [-0.2, 0) is 5.75 Å². The minimum Gasteiger partial charge on any atom is -0.175 e. The Labute approximate surface area is 75.2 Å². The first kappa shape index (κ1) is 8.15. The molecule has 0 radical (unpaired) electrons. The van der Waals surface area contributed by atoms with E-state index in [2.05, 4.69) is 53.7 Å². The van der Waals surface area contributed by atoms with Crippen LogP contribution in [0, 0.1) is 6.92 Å². The van der Waals surface area contributed by atoms with Crippen molar-refractivity contribution in [3.63, 3.8) is 0 Å². The van der Waals surface area contributed by atoms with Crippen molar-refractivity contribution in [3.8, 4) is 0 Å². The predicted octanol–water partition coefficient (Wildman–Crippen LogP) is 3.19. The molecule has 0 bridgehead atoms. The highest BCUT2D eigenvalue weighted by Crippen LogP contribution is 2.19. The Bertz CT molecular complexity index is 233. The van der Waals surface area contributed by atoms with Gasteiger partial charge in [-0.3, -0.25) is 0 Å². The monoisotopic (exact) mass is 216 g/mol. The van der Waals surface area contributed by atoms with Crippen molar-refractivity contribution in [3.05, 3.63) is 33.8 Å². The molecule has 0 unspecified atom stereocenters. The highest BCUT2D eigenvalue weighted by atomic mass is 79.9. The first-order valence-electron chi connectivity index (χ1n) is 3.10. The molecule has 2 heteroatoms. The van der Waals surface area contributed by atoms with E-state index in [1.165, 1.54) is 11.1 Å². The fourth-order valence-electron chi connectivity index (χ4n) is 0.825. The second-order valence-corrected chi connectivity index (χ2v) is 3.42. The van der Waals surface area contributed by atoms with Crippen LogP contribution in [0.5, 0.6) is 0 Å². The van der Waals surface area contributed by atoms with Gasteiger partial charge in [0.2, 0.25) is 0 Å². The zero-order valence-corrected chi connectivity index (χ0v) is 8.24. The van der Waals surface area contributed by atoms with Crippen LogP contribution in [0.1, 0.15) is 11.1 Å². The lowest BCUT2D eigenvalue weighted by atomic mass is 10.2. The number of thiol groups is 1. The first-order valence-corrected chi connectivity index (χ1v) is 4.52. The molecule has 0 saturated carbocycles. The Morgan fingerprint density at radius 3 is 2.70 bits per heavy atom. The van der Waals surface area contributed by atoms with Gasteiger partial charge in [-0.2, -0.15) is 12.6 Å². The third kappa shape index (κ3) is 1.77. The molecule has 1 aromatic carbocycles. The number of hydrogen-bond donors (Lipinski definition) is 1. The molecule has 54 valence electrons. The van der Waals surface area contributed by atoms with Gasteiger partial charge in [0.15, 0.2) is 0 Å². The Morgan fingerprint density at radius 1 is 1.50 bits per heavy atom. The second kappa shape index (κ2) is 3.44. The van der Waals surface area contributed by atoms with Crippen LogP contribution in [0.4, 0.5) is 0 Å². The van der Waals surface area contributed by atoms with Crippen molar-refractivity contribution >= 4 is 28.6 Å². The molecule has 0 aromatic heterocycles. The summed E-state index contributed by atoms with van der Waals surface area (Å²) in [5.74, 6) is 0.794. The van der Waals surface area contributed by atoms with Crippen molar-refractivity contribution in [1.29, 1.82) is 0 Å². The molecule has 0 heterocycles. The van der Waals surface area contributed by atoms with Gasteiger partial charge in [-0.05, 0) is 18.6 Å². The molecule has 0 spiro atoms. The number of aryl methyl sites for hydroxylation is 1. The van der Waals surface area contributed by atoms with Gasteiger partial charge < -0.3 is 0 Å². The Hall–Kier alpha value is 0.0500. The normalized spacial score (nSPS) is 9.90. The van der Waals surface area contributed by atoms with Gasteiger partial charge in [-0.1, -0.05) is 33.6 Å². The molecular formula is C8H9BrS. The number of hydrogen-bond acceptors (Lipinski definition) is 1. The summed E-state index contributed by atoms with van der Waals surface area (Å²) in [5.41, 5.74) is 2.54. The summed E-state index contributed by atoms with van der Waals surface area (Å²) in [5, 5.41) is 0. The van der Waals surface area contributed by atoms with Crippen molar-refractivity contribution in [2.75, 3.05) is 0 Å². The van der Waals surface area contributed by atoms with Crippen LogP contribution < -0.4 is 0 Å². The molecule has 0 aliphatic carbocycles. The smallest absolute Gasteiger partial charge is 0.0215 e. The summed E-state index contributed by atoms with van der Waals surface area (Å²) in [7, 11) is 0. The number of benzene rings is 1. The maximum atomic E-state index is 4.20. The first-order chi connectivity index (χ1) is 4.74. The summed E-state index contributed by atoms with van der Waals surface area (Å²) < 4.78 is 1.15. The molecule has 0 fully saturated rings. The largest absolute Gasteiger partial charge is 0.175 e. The average molecular weight is 217 g/mol. The van der Waals surface area contributed by atoms with Crippen molar-refractivity contribution in [2.24, 2.45) is 0 Å². The molecule has 0 nitrogen and oxygen atoms in total. The highest BCUT2D eigenvalue weighted by Gasteiger charge is 1.95. The van der Waals surface area contributed by atoms with Gasteiger partial charge in [-0.25, -0.2) is 0 Å². The quantitative estimate of drug-likeness (QED) is 0.686. The summed E-state index contributed by atoms with van der Waals surface area (Å²) in [6.45, 7) is 2.08. The molecule has 0 atom stereocenters. The van der Waals surface area contributed by atoms with Gasteiger partial charge >= 0.3 is 0 Å². The van der Waals surface area contributed by atoms with E-state index in [-0.39, 0.29) is 0 Å². The lowest BCUT2D eigenvalue weighted by molar-refractivity contribution is 1.33. The van der Waals surface area contributed by atoms with E-state index >= 15 is 0 Å². The fourth-order valence-corrected chi connectivity index (χ4v) is 1.69. The lowest BCUT2D eigenvalue weighted by Gasteiger charge is -2.00. The van der Waals surface area contributed by atoms with Crippen LogP contribution >= 0.6 is 28.6 Å². The van der Waals surface area contributed by atoms with Crippen LogP contribution in [0.2, 0.25) is 0 Å². The minimum atomic E-state index is 0.794. The van der Waals surface area contributed by atoms with Gasteiger partial charge in [-0.15, -0.1) is 0 Å². The maximum Gasteiger partial charge on any atom is 0.0215 e. The summed E-state index contributed by atoms with van der Waals surface area (Å²) in [6.07, 6.45) is 0. The lowest BCUT2D eigenvalue weighted by Crippen LogP contribution is -1.81. The molecule has 10 heavy (non-hydrogen) atoms. The Morgan fingerprint density at radius 2 is 2.20 bits per heavy atom. The van der Waals surface area contributed by atoms with E-state index < -0.39 is 0 Å². The van der Waals surface area contributed by atoms with Crippen molar-refractivity contribution < 1.29 is 0 Å². The molecule has 0 saturated heterocycles. The van der Waals surface area contributed by atoms with Crippen LogP contribution in [0.25, 0.3) is 0 Å². The van der Waals surface area contributed by atoms with E-state index in [4.69, 9.17) is 0 Å². The van der Waals surface area contributed by atoms with Gasteiger partial charge in [0, 0.05) is 10.2 Å². The Balaban J connectivity index is 3.09. The van der Waals surface area contributed by atoms with Gasteiger partial charge in [0.1, 0.15) is 0 Å². The van der Waals surface area contributed by atoms with Crippen molar-refractivity contribution in [1.82, 2.24) is 0 Å². The van der Waals surface area contributed by atoms with Gasteiger partial charge in [0.25, 0.3) is 0 Å². The van der Waals surface area contributed by atoms with Crippen LogP contribution in [-0.4, -0.2) is 0 Å². The number of halogens is 1. The zero-order valence-electron chi connectivity index (χ0n) is 5.76. The topological polar surface area (TPSA) is 0 Å². The molecule has 1 aromatic rings. The molecule has 0 amide bonds. The SMILES string of the molecule is Cc1ccc(Br)c(CS)c1. The van der Waals surface area contributed by atoms with E-state index in [1.54, 1.807) is 0 Å². The van der Waals surface area contributed by atoms with E-state index in [0.717, 1.165) is 10.2 Å². The molecular weight excluding hydrogens is 208 g/mol. The second-order valence-electron chi connectivity index (χ2n) is 2.25. The summed E-state index contributed by atoms with van der Waals surface area (Å²) in [6, 6.07) is 6.27. The van der Waals surface area contributed by atoms with E-state index in [0.29, 0.717) is 0 Å². The number of rotatable bonds is 1. The standard InChI is InChI=1S/C8H9BrS/c1-6-2-3-8(9)7(4-6)5-10/h2-4,10H,5H2,1H3. The van der Waals surface area contributed by atoms with Gasteiger partial charge in [0.05, 0.1) is 0 Å². The highest BCUT2D eigenvalue weighted by molar-refractivity contribution is 9.10. The summed E-state index contributed by atoms with van der Waals surface area (Å²) >= 11 is 7.64. The van der Waals surface area contributed by atoms with E-state index in [9.17, 15) is 0 Å². The van der Waals surface area contributed by atoms with Crippen molar-refractivity contribution in [2.45, 2.75) is 12.7 Å².